The molecule has 2 aromatic rings. The van der Waals surface area contributed by atoms with E-state index in [1.807, 2.05) is 12.3 Å². The molecule has 1 amide bonds. The predicted molar refractivity (Wildman–Crippen MR) is 106 cm³/mol. The molecular formula is C23H29N3O. The van der Waals surface area contributed by atoms with Crippen LogP contribution in [0.3, 0.4) is 0 Å². The highest BCUT2D eigenvalue weighted by Crippen LogP contribution is 2.50. The summed E-state index contributed by atoms with van der Waals surface area (Å²) in [5.41, 5.74) is 2.26. The predicted octanol–water partition coefficient (Wildman–Crippen LogP) is 4.35. The maximum Gasteiger partial charge on any atom is 0.233 e. The summed E-state index contributed by atoms with van der Waals surface area (Å²) < 4.78 is 2.50. The molecule has 27 heavy (non-hydrogen) atoms. The lowest BCUT2D eigenvalue weighted by molar-refractivity contribution is -0.135. The van der Waals surface area contributed by atoms with E-state index < -0.39 is 0 Å². The van der Waals surface area contributed by atoms with Crippen molar-refractivity contribution in [3.8, 4) is 0 Å². The zero-order valence-corrected chi connectivity index (χ0v) is 16.2. The number of amides is 1. The van der Waals surface area contributed by atoms with Gasteiger partial charge in [-0.1, -0.05) is 36.8 Å². The first-order chi connectivity index (χ1) is 13.2. The molecule has 0 bridgehead atoms. The van der Waals surface area contributed by atoms with Crippen molar-refractivity contribution in [3.05, 3.63) is 53.6 Å². The second-order valence-corrected chi connectivity index (χ2v) is 8.73. The van der Waals surface area contributed by atoms with Crippen LogP contribution in [0.25, 0.3) is 0 Å². The fourth-order valence-corrected chi connectivity index (χ4v) is 5.05. The molecule has 0 unspecified atom stereocenters. The van der Waals surface area contributed by atoms with E-state index in [2.05, 4.69) is 40.7 Å². The first-order valence-corrected chi connectivity index (χ1v) is 10.6. The Balaban J connectivity index is 1.29. The Morgan fingerprint density at radius 1 is 1.07 bits per heavy atom. The van der Waals surface area contributed by atoms with Crippen molar-refractivity contribution in [2.45, 2.75) is 69.2 Å². The lowest BCUT2D eigenvalue weighted by atomic mass is 9.84. The van der Waals surface area contributed by atoms with Crippen LogP contribution in [0, 0.1) is 6.92 Å². The molecule has 0 radical (unpaired) electrons. The summed E-state index contributed by atoms with van der Waals surface area (Å²) in [5.74, 6) is 2.31. The molecule has 0 spiro atoms. The van der Waals surface area contributed by atoms with E-state index in [9.17, 15) is 4.79 Å². The van der Waals surface area contributed by atoms with Crippen LogP contribution in [0.1, 0.15) is 74.0 Å². The van der Waals surface area contributed by atoms with Gasteiger partial charge in [0.15, 0.2) is 0 Å². The largest absolute Gasteiger partial charge is 0.342 e. The normalized spacial score (nSPS) is 22.5. The summed E-state index contributed by atoms with van der Waals surface area (Å²) in [5, 5.41) is 0. The maximum atomic E-state index is 13.3. The first kappa shape index (κ1) is 17.0. The van der Waals surface area contributed by atoms with Crippen LogP contribution in [-0.4, -0.2) is 33.4 Å². The van der Waals surface area contributed by atoms with Crippen LogP contribution in [0.15, 0.2) is 36.5 Å². The zero-order chi connectivity index (χ0) is 18.4. The Morgan fingerprint density at radius 3 is 2.37 bits per heavy atom. The van der Waals surface area contributed by atoms with Gasteiger partial charge in [-0.05, 0) is 51.0 Å². The molecule has 0 atom stereocenters. The van der Waals surface area contributed by atoms with Crippen molar-refractivity contribution in [2.24, 2.45) is 0 Å². The highest BCUT2D eigenvalue weighted by Gasteiger charge is 2.53. The summed E-state index contributed by atoms with van der Waals surface area (Å²) in [6.07, 6.45) is 10.1. The fourth-order valence-electron chi connectivity index (χ4n) is 5.05. The van der Waals surface area contributed by atoms with E-state index in [1.165, 1.54) is 36.3 Å². The SMILES string of the molecule is Cc1cnc(C2CCC2)n1C1CCN(C(=O)C2(c3ccccc3)CC2)CC1. The molecule has 1 aromatic heterocycles. The molecule has 1 saturated heterocycles. The number of likely N-dealkylation sites (tertiary alicyclic amines) is 1. The molecule has 1 aromatic carbocycles. The number of rotatable bonds is 4. The summed E-state index contributed by atoms with van der Waals surface area (Å²) in [6, 6.07) is 10.9. The number of piperidine rings is 1. The van der Waals surface area contributed by atoms with E-state index in [4.69, 9.17) is 4.98 Å². The van der Waals surface area contributed by atoms with Crippen LogP contribution in [0.5, 0.6) is 0 Å². The van der Waals surface area contributed by atoms with E-state index >= 15 is 0 Å². The van der Waals surface area contributed by atoms with Gasteiger partial charge in [-0.2, -0.15) is 0 Å². The molecule has 142 valence electrons. The van der Waals surface area contributed by atoms with Gasteiger partial charge in [0.05, 0.1) is 5.41 Å². The topological polar surface area (TPSA) is 38.1 Å². The zero-order valence-electron chi connectivity index (χ0n) is 16.2. The van der Waals surface area contributed by atoms with Crippen molar-refractivity contribution in [1.82, 2.24) is 14.5 Å². The van der Waals surface area contributed by atoms with E-state index in [1.54, 1.807) is 0 Å². The lowest BCUT2D eigenvalue weighted by Crippen LogP contribution is -2.44. The Morgan fingerprint density at radius 2 is 1.78 bits per heavy atom. The molecule has 1 aliphatic heterocycles. The third kappa shape index (κ3) is 2.81. The van der Waals surface area contributed by atoms with Gasteiger partial charge in [-0.25, -0.2) is 4.98 Å². The number of imidazole rings is 1. The van der Waals surface area contributed by atoms with Crippen LogP contribution < -0.4 is 0 Å². The minimum absolute atomic E-state index is 0.226. The molecule has 3 fully saturated rings. The minimum Gasteiger partial charge on any atom is -0.342 e. The van der Waals surface area contributed by atoms with Gasteiger partial charge in [0.2, 0.25) is 5.91 Å². The Labute approximate surface area is 161 Å². The van der Waals surface area contributed by atoms with Crippen molar-refractivity contribution >= 4 is 5.91 Å². The maximum absolute atomic E-state index is 13.3. The first-order valence-electron chi connectivity index (χ1n) is 10.6. The highest BCUT2D eigenvalue weighted by molar-refractivity contribution is 5.91. The number of carbonyl (C=O) groups excluding carboxylic acids is 1. The van der Waals surface area contributed by atoms with Crippen molar-refractivity contribution < 1.29 is 4.79 Å². The summed E-state index contributed by atoms with van der Waals surface area (Å²) >= 11 is 0. The smallest absolute Gasteiger partial charge is 0.233 e. The second-order valence-electron chi connectivity index (χ2n) is 8.73. The minimum atomic E-state index is -0.226. The van der Waals surface area contributed by atoms with Gasteiger partial charge in [0.1, 0.15) is 5.82 Å². The average Bonchev–Trinajstić information content (AvgIpc) is 3.40. The van der Waals surface area contributed by atoms with Crippen molar-refractivity contribution in [3.63, 3.8) is 0 Å². The summed E-state index contributed by atoms with van der Waals surface area (Å²) in [6.45, 7) is 3.93. The number of benzene rings is 1. The number of aryl methyl sites for hydroxylation is 1. The number of nitrogens with zero attached hydrogens (tertiary/aromatic N) is 3. The van der Waals surface area contributed by atoms with E-state index in [0.29, 0.717) is 17.9 Å². The quantitative estimate of drug-likeness (QED) is 0.810. The summed E-state index contributed by atoms with van der Waals surface area (Å²) in [4.78, 5) is 20.1. The van der Waals surface area contributed by atoms with Gasteiger partial charge >= 0.3 is 0 Å². The van der Waals surface area contributed by atoms with Gasteiger partial charge in [0.25, 0.3) is 0 Å². The number of hydrogen-bond donors (Lipinski definition) is 0. The van der Waals surface area contributed by atoms with Gasteiger partial charge in [-0.3, -0.25) is 4.79 Å². The van der Waals surface area contributed by atoms with Crippen molar-refractivity contribution in [1.29, 1.82) is 0 Å². The molecule has 4 nitrogen and oxygen atoms in total. The van der Waals surface area contributed by atoms with Gasteiger partial charge in [-0.15, -0.1) is 0 Å². The molecule has 2 aliphatic carbocycles. The second kappa shape index (κ2) is 6.50. The lowest BCUT2D eigenvalue weighted by Gasteiger charge is -2.37. The Bertz CT molecular complexity index is 825. The van der Waals surface area contributed by atoms with Crippen LogP contribution in [0.4, 0.5) is 0 Å². The molecular weight excluding hydrogens is 334 g/mol. The van der Waals surface area contributed by atoms with Crippen LogP contribution in [0.2, 0.25) is 0 Å². The third-order valence-electron chi connectivity index (χ3n) is 7.08. The van der Waals surface area contributed by atoms with Crippen LogP contribution in [-0.2, 0) is 10.2 Å². The molecule has 2 saturated carbocycles. The van der Waals surface area contributed by atoms with E-state index in [0.717, 1.165) is 38.8 Å². The molecule has 3 aliphatic rings. The molecule has 0 N–H and O–H groups in total. The molecule has 5 rings (SSSR count). The number of aromatic nitrogens is 2. The third-order valence-corrected chi connectivity index (χ3v) is 7.08. The molecule has 2 heterocycles. The number of hydrogen-bond acceptors (Lipinski definition) is 2. The Kier molecular flexibility index (Phi) is 4.10. The standard InChI is InChI=1S/C23H29N3O/c1-17-16-24-21(18-6-5-7-18)26(17)20-10-14-25(15-11-20)22(27)23(12-13-23)19-8-3-2-4-9-19/h2-4,8-9,16,18,20H,5-7,10-15H2,1H3. The monoisotopic (exact) mass is 363 g/mol. The molecule has 4 heteroatoms. The van der Waals surface area contributed by atoms with E-state index in [-0.39, 0.29) is 5.41 Å². The average molecular weight is 364 g/mol. The highest BCUT2D eigenvalue weighted by atomic mass is 16.2. The van der Waals surface area contributed by atoms with Gasteiger partial charge < -0.3 is 9.47 Å². The van der Waals surface area contributed by atoms with Gasteiger partial charge in [0, 0.05) is 36.9 Å². The van der Waals surface area contributed by atoms with Crippen LogP contribution >= 0.6 is 0 Å². The van der Waals surface area contributed by atoms with Crippen molar-refractivity contribution in [2.75, 3.05) is 13.1 Å². The summed E-state index contributed by atoms with van der Waals surface area (Å²) in [7, 11) is 0. The Hall–Kier alpha value is -2.10. The fraction of sp³-hybridized carbons (Fsp3) is 0.565. The number of carbonyl (C=O) groups is 1.